The van der Waals surface area contributed by atoms with Crippen LogP contribution in [-0.4, -0.2) is 0 Å². The van der Waals surface area contributed by atoms with Gasteiger partial charge in [-0.3, -0.25) is 0 Å². The first-order valence-corrected chi connectivity index (χ1v) is 5.81. The molecule has 0 saturated heterocycles. The van der Waals surface area contributed by atoms with Gasteiger partial charge >= 0.3 is 0 Å². The molecule has 0 fully saturated rings. The van der Waals surface area contributed by atoms with Gasteiger partial charge in [-0.05, 0) is 41.8 Å². The molecular weight excluding hydrogens is 237 g/mol. The van der Waals surface area contributed by atoms with Gasteiger partial charge in [-0.15, -0.1) is 0 Å². The molecule has 0 nitrogen and oxygen atoms in total. The molecule has 1 atom stereocenters. The van der Waals surface area contributed by atoms with E-state index in [0.717, 1.165) is 11.6 Å². The molecule has 0 amide bonds. The summed E-state index contributed by atoms with van der Waals surface area (Å²) in [5.41, 5.74) is 1.25. The molecule has 94 valence electrons. The minimum atomic E-state index is -0.611. The van der Waals surface area contributed by atoms with Crippen molar-refractivity contribution >= 4 is 0 Å². The Morgan fingerprint density at radius 2 is 1.44 bits per heavy atom. The van der Waals surface area contributed by atoms with Gasteiger partial charge in [0.2, 0.25) is 0 Å². The molecule has 0 aliphatic carbocycles. The van der Waals surface area contributed by atoms with Crippen molar-refractivity contribution in [2.45, 2.75) is 19.3 Å². The van der Waals surface area contributed by atoms with E-state index in [2.05, 4.69) is 0 Å². The Balaban J connectivity index is 2.45. The molecule has 0 bridgehead atoms. The lowest BCUT2D eigenvalue weighted by Gasteiger charge is -2.16. The van der Waals surface area contributed by atoms with Crippen molar-refractivity contribution in [2.75, 3.05) is 0 Å². The van der Waals surface area contributed by atoms with E-state index in [1.165, 1.54) is 24.3 Å². The lowest BCUT2D eigenvalue weighted by atomic mass is 9.89. The van der Waals surface area contributed by atoms with Crippen molar-refractivity contribution in [2.24, 2.45) is 0 Å². The first-order chi connectivity index (χ1) is 8.60. The predicted molar refractivity (Wildman–Crippen MR) is 64.9 cm³/mol. The van der Waals surface area contributed by atoms with Crippen molar-refractivity contribution in [3.8, 4) is 0 Å². The maximum Gasteiger partial charge on any atom is 0.126 e. The SMILES string of the molecule is CCC(c1cccc(F)c1)c1cc(F)cc(F)c1. The second-order valence-electron chi connectivity index (χ2n) is 4.22. The standard InChI is InChI=1S/C15H13F3/c1-2-15(10-4-3-5-12(16)6-10)11-7-13(17)9-14(18)8-11/h3-9,15H,2H2,1H3. The van der Waals surface area contributed by atoms with Gasteiger partial charge in [0.25, 0.3) is 0 Å². The zero-order chi connectivity index (χ0) is 13.1. The van der Waals surface area contributed by atoms with E-state index < -0.39 is 11.6 Å². The summed E-state index contributed by atoms with van der Waals surface area (Å²) in [4.78, 5) is 0. The van der Waals surface area contributed by atoms with E-state index in [4.69, 9.17) is 0 Å². The number of hydrogen-bond donors (Lipinski definition) is 0. The maximum atomic E-state index is 13.2. The number of rotatable bonds is 3. The van der Waals surface area contributed by atoms with E-state index in [1.54, 1.807) is 12.1 Å². The fourth-order valence-corrected chi connectivity index (χ4v) is 2.16. The smallest absolute Gasteiger partial charge is 0.126 e. The van der Waals surface area contributed by atoms with Gasteiger partial charge in [-0.1, -0.05) is 19.1 Å². The molecule has 0 saturated carbocycles. The quantitative estimate of drug-likeness (QED) is 0.744. The van der Waals surface area contributed by atoms with Crippen molar-refractivity contribution in [3.05, 3.63) is 71.0 Å². The lowest BCUT2D eigenvalue weighted by molar-refractivity contribution is 0.575. The summed E-state index contributed by atoms with van der Waals surface area (Å²) < 4.78 is 39.6. The van der Waals surface area contributed by atoms with Crippen molar-refractivity contribution in [1.82, 2.24) is 0 Å². The fourth-order valence-electron chi connectivity index (χ4n) is 2.16. The normalized spacial score (nSPS) is 12.4. The molecule has 2 aromatic carbocycles. The van der Waals surface area contributed by atoms with Gasteiger partial charge in [-0.2, -0.15) is 0 Å². The lowest BCUT2D eigenvalue weighted by Crippen LogP contribution is -2.01. The van der Waals surface area contributed by atoms with Gasteiger partial charge in [0.05, 0.1) is 0 Å². The highest BCUT2D eigenvalue weighted by molar-refractivity contribution is 5.33. The summed E-state index contributed by atoms with van der Waals surface area (Å²) in [5.74, 6) is -1.77. The average molecular weight is 250 g/mol. The van der Waals surface area contributed by atoms with Gasteiger partial charge in [0.1, 0.15) is 17.5 Å². The molecule has 2 rings (SSSR count). The summed E-state index contributed by atoms with van der Waals surface area (Å²) in [5, 5.41) is 0. The number of halogens is 3. The molecular formula is C15H13F3. The van der Waals surface area contributed by atoms with E-state index in [-0.39, 0.29) is 11.7 Å². The molecule has 0 aromatic heterocycles. The maximum absolute atomic E-state index is 13.2. The summed E-state index contributed by atoms with van der Waals surface area (Å²) in [6.07, 6.45) is 0.645. The van der Waals surface area contributed by atoms with Gasteiger partial charge < -0.3 is 0 Å². The highest BCUT2D eigenvalue weighted by Crippen LogP contribution is 2.29. The molecule has 2 aromatic rings. The first-order valence-electron chi connectivity index (χ1n) is 5.81. The Hall–Kier alpha value is -1.77. The van der Waals surface area contributed by atoms with E-state index >= 15 is 0 Å². The molecule has 1 unspecified atom stereocenters. The topological polar surface area (TPSA) is 0 Å². The second kappa shape index (κ2) is 5.25. The van der Waals surface area contributed by atoms with Crippen molar-refractivity contribution < 1.29 is 13.2 Å². The minimum Gasteiger partial charge on any atom is -0.207 e. The zero-order valence-electron chi connectivity index (χ0n) is 9.96. The Morgan fingerprint density at radius 3 is 2.00 bits per heavy atom. The molecule has 0 N–H and O–H groups in total. The molecule has 0 radical (unpaired) electrons. The average Bonchev–Trinajstić information content (AvgIpc) is 2.28. The zero-order valence-corrected chi connectivity index (χ0v) is 9.96. The minimum absolute atomic E-state index is 0.203. The summed E-state index contributed by atoms with van der Waals surface area (Å²) in [7, 11) is 0. The van der Waals surface area contributed by atoms with Gasteiger partial charge in [-0.25, -0.2) is 13.2 Å². The molecule has 3 heteroatoms. The Kier molecular flexibility index (Phi) is 3.70. The van der Waals surface area contributed by atoms with Crippen LogP contribution < -0.4 is 0 Å². The fraction of sp³-hybridized carbons (Fsp3) is 0.200. The van der Waals surface area contributed by atoms with Crippen LogP contribution in [0.1, 0.15) is 30.4 Å². The van der Waals surface area contributed by atoms with Crippen LogP contribution in [-0.2, 0) is 0 Å². The highest BCUT2D eigenvalue weighted by Gasteiger charge is 2.14. The highest BCUT2D eigenvalue weighted by atomic mass is 19.1. The van der Waals surface area contributed by atoms with Crippen LogP contribution in [0, 0.1) is 17.5 Å². The molecule has 0 spiro atoms. The predicted octanol–water partition coefficient (Wildman–Crippen LogP) is 4.65. The Bertz CT molecular complexity index is 529. The first kappa shape index (κ1) is 12.7. The van der Waals surface area contributed by atoms with Crippen LogP contribution in [0.4, 0.5) is 13.2 Å². The van der Waals surface area contributed by atoms with Gasteiger partial charge in [0.15, 0.2) is 0 Å². The van der Waals surface area contributed by atoms with Crippen LogP contribution in [0.3, 0.4) is 0 Å². The monoisotopic (exact) mass is 250 g/mol. The number of benzene rings is 2. The largest absolute Gasteiger partial charge is 0.207 e. The molecule has 0 aliphatic heterocycles. The van der Waals surface area contributed by atoms with Crippen LogP contribution in [0.15, 0.2) is 42.5 Å². The summed E-state index contributed by atoms with van der Waals surface area (Å²) in [6.45, 7) is 1.90. The van der Waals surface area contributed by atoms with Crippen molar-refractivity contribution in [1.29, 1.82) is 0 Å². The number of hydrogen-bond acceptors (Lipinski definition) is 0. The van der Waals surface area contributed by atoms with Crippen LogP contribution in [0.2, 0.25) is 0 Å². The van der Waals surface area contributed by atoms with E-state index in [9.17, 15) is 13.2 Å². The third kappa shape index (κ3) is 2.73. The Labute approximate surface area is 104 Å². The van der Waals surface area contributed by atoms with Crippen molar-refractivity contribution in [3.63, 3.8) is 0 Å². The molecule has 0 heterocycles. The van der Waals surface area contributed by atoms with E-state index in [1.807, 2.05) is 6.92 Å². The third-order valence-corrected chi connectivity index (χ3v) is 2.95. The second-order valence-corrected chi connectivity index (χ2v) is 4.22. The van der Waals surface area contributed by atoms with Crippen LogP contribution in [0.5, 0.6) is 0 Å². The van der Waals surface area contributed by atoms with E-state index in [0.29, 0.717) is 12.0 Å². The molecule has 0 aliphatic rings. The summed E-state index contributed by atoms with van der Waals surface area (Å²) >= 11 is 0. The molecule has 18 heavy (non-hydrogen) atoms. The Morgan fingerprint density at radius 1 is 0.833 bits per heavy atom. The van der Waals surface area contributed by atoms with Crippen LogP contribution in [0.25, 0.3) is 0 Å². The van der Waals surface area contributed by atoms with Gasteiger partial charge in [0, 0.05) is 12.0 Å². The van der Waals surface area contributed by atoms with Crippen LogP contribution >= 0.6 is 0 Å². The third-order valence-electron chi connectivity index (χ3n) is 2.95. The summed E-state index contributed by atoms with van der Waals surface area (Å²) in [6, 6.07) is 9.54.